The van der Waals surface area contributed by atoms with Crippen LogP contribution >= 0.6 is 0 Å². The number of halogens is 1. The van der Waals surface area contributed by atoms with E-state index in [4.69, 9.17) is 0 Å². The molecule has 0 spiro atoms. The number of nitrogens with one attached hydrogen (secondary N) is 3. The molecule has 0 bridgehead atoms. The van der Waals surface area contributed by atoms with Crippen molar-refractivity contribution in [3.63, 3.8) is 0 Å². The molecule has 0 aliphatic carbocycles. The second kappa shape index (κ2) is 14.6. The molecule has 0 saturated carbocycles. The van der Waals surface area contributed by atoms with Gasteiger partial charge in [0.25, 0.3) is 0 Å². The minimum atomic E-state index is -0.892. The van der Waals surface area contributed by atoms with Crippen LogP contribution in [-0.2, 0) is 27.2 Å². The van der Waals surface area contributed by atoms with Crippen LogP contribution in [0.15, 0.2) is 54.6 Å². The smallest absolute Gasteiger partial charge is 0.243 e. The Morgan fingerprint density at radius 2 is 1.77 bits per heavy atom. The van der Waals surface area contributed by atoms with Crippen molar-refractivity contribution in [1.29, 1.82) is 0 Å². The molecule has 8 heteroatoms. The summed E-state index contributed by atoms with van der Waals surface area (Å²) in [6.07, 6.45) is 6.57. The lowest BCUT2D eigenvalue weighted by Crippen LogP contribution is -2.57. The van der Waals surface area contributed by atoms with Gasteiger partial charge in [-0.25, -0.2) is 4.39 Å². The molecule has 39 heavy (non-hydrogen) atoms. The fourth-order valence-electron chi connectivity index (χ4n) is 4.64. The van der Waals surface area contributed by atoms with E-state index in [1.54, 1.807) is 26.1 Å². The number of rotatable bonds is 4. The van der Waals surface area contributed by atoms with Gasteiger partial charge in [0.05, 0.1) is 6.04 Å². The van der Waals surface area contributed by atoms with Crippen LogP contribution in [0.4, 0.5) is 4.39 Å². The van der Waals surface area contributed by atoms with Crippen LogP contribution in [0.25, 0.3) is 6.08 Å². The highest BCUT2D eigenvalue weighted by Crippen LogP contribution is 2.15. The van der Waals surface area contributed by atoms with Crippen LogP contribution in [0.2, 0.25) is 0 Å². The molecule has 1 aliphatic rings. The average molecular weight is 537 g/mol. The van der Waals surface area contributed by atoms with E-state index in [0.29, 0.717) is 12.1 Å². The van der Waals surface area contributed by atoms with Crippen molar-refractivity contribution in [3.8, 4) is 0 Å². The third-order valence-electron chi connectivity index (χ3n) is 7.51. The molecule has 4 unspecified atom stereocenters. The highest BCUT2D eigenvalue weighted by atomic mass is 19.1. The maximum absolute atomic E-state index is 13.5. The van der Waals surface area contributed by atoms with Gasteiger partial charge >= 0.3 is 0 Å². The lowest BCUT2D eigenvalue weighted by molar-refractivity contribution is -0.141. The van der Waals surface area contributed by atoms with Crippen molar-refractivity contribution >= 4 is 23.8 Å². The van der Waals surface area contributed by atoms with E-state index in [0.717, 1.165) is 24.8 Å². The predicted molar refractivity (Wildman–Crippen MR) is 152 cm³/mol. The van der Waals surface area contributed by atoms with Crippen molar-refractivity contribution in [2.75, 3.05) is 20.1 Å². The van der Waals surface area contributed by atoms with Gasteiger partial charge in [-0.1, -0.05) is 68.8 Å². The van der Waals surface area contributed by atoms with Gasteiger partial charge in [0.1, 0.15) is 17.9 Å². The van der Waals surface area contributed by atoms with Crippen molar-refractivity contribution in [1.82, 2.24) is 20.9 Å². The zero-order valence-corrected chi connectivity index (χ0v) is 23.4. The van der Waals surface area contributed by atoms with E-state index in [1.807, 2.05) is 44.2 Å². The first-order chi connectivity index (χ1) is 18.7. The maximum atomic E-state index is 13.5. The monoisotopic (exact) mass is 536 g/mol. The Kier molecular flexibility index (Phi) is 11.2. The fourth-order valence-corrected chi connectivity index (χ4v) is 4.64. The fraction of sp³-hybridized carbons (Fsp3) is 0.452. The van der Waals surface area contributed by atoms with Gasteiger partial charge in [0.2, 0.25) is 17.7 Å². The topological polar surface area (TPSA) is 90.5 Å². The van der Waals surface area contributed by atoms with Crippen LogP contribution in [0.1, 0.15) is 50.3 Å². The van der Waals surface area contributed by atoms with E-state index in [2.05, 4.69) is 22.0 Å². The van der Waals surface area contributed by atoms with Crippen molar-refractivity contribution in [3.05, 3.63) is 77.1 Å². The van der Waals surface area contributed by atoms with Crippen LogP contribution in [0, 0.1) is 11.7 Å². The molecule has 3 rings (SSSR count). The zero-order valence-electron chi connectivity index (χ0n) is 23.4. The van der Waals surface area contributed by atoms with E-state index >= 15 is 0 Å². The largest absolute Gasteiger partial charge is 0.351 e. The molecule has 1 heterocycles. The van der Waals surface area contributed by atoms with Crippen molar-refractivity contribution in [2.45, 2.75) is 64.6 Å². The van der Waals surface area contributed by atoms with Gasteiger partial charge in [-0.2, -0.15) is 0 Å². The summed E-state index contributed by atoms with van der Waals surface area (Å²) in [6, 6.07) is 11.9. The Morgan fingerprint density at radius 1 is 1.05 bits per heavy atom. The third kappa shape index (κ3) is 8.48. The van der Waals surface area contributed by atoms with Crippen LogP contribution in [0.3, 0.4) is 0 Å². The third-order valence-corrected chi connectivity index (χ3v) is 7.51. The maximum Gasteiger partial charge on any atom is 0.243 e. The van der Waals surface area contributed by atoms with Crippen LogP contribution < -0.4 is 16.0 Å². The number of carbonyl (C=O) groups is 3. The molecule has 210 valence electrons. The Hall–Kier alpha value is -3.52. The lowest BCUT2D eigenvalue weighted by Gasteiger charge is -2.32. The van der Waals surface area contributed by atoms with Gasteiger partial charge in [-0.15, -0.1) is 0 Å². The minimum absolute atomic E-state index is 0.0769. The van der Waals surface area contributed by atoms with Crippen LogP contribution in [-0.4, -0.2) is 60.9 Å². The normalized spacial score (nSPS) is 23.6. The van der Waals surface area contributed by atoms with Crippen molar-refractivity contribution in [2.24, 2.45) is 5.92 Å². The number of aryl methyl sites for hydroxylation is 1. The van der Waals surface area contributed by atoms with Crippen LogP contribution in [0.5, 0.6) is 0 Å². The molecule has 7 nitrogen and oxygen atoms in total. The summed E-state index contributed by atoms with van der Waals surface area (Å²) in [7, 11) is 1.62. The van der Waals surface area contributed by atoms with Gasteiger partial charge in [0, 0.05) is 20.0 Å². The molecule has 2 aromatic carbocycles. The van der Waals surface area contributed by atoms with Gasteiger partial charge in [-0.05, 0) is 61.1 Å². The molecular weight excluding hydrogens is 495 g/mol. The summed E-state index contributed by atoms with van der Waals surface area (Å²) in [4.78, 5) is 41.4. The van der Waals surface area contributed by atoms with Crippen molar-refractivity contribution < 1.29 is 18.8 Å². The molecule has 0 saturated heterocycles. The number of amides is 3. The van der Waals surface area contributed by atoms with E-state index in [9.17, 15) is 18.8 Å². The minimum Gasteiger partial charge on any atom is -0.351 e. The number of hydrogen-bond acceptors (Lipinski definition) is 4. The molecule has 4 atom stereocenters. The lowest BCUT2D eigenvalue weighted by atomic mass is 9.96. The molecule has 1 aliphatic heterocycles. The first-order valence-corrected chi connectivity index (χ1v) is 13.8. The van der Waals surface area contributed by atoms with Gasteiger partial charge in [0.15, 0.2) is 0 Å². The SMILES string of the molecule is CCC(C)C1NCCCc2ccccc2/C=C\CNC(=O)C(Cc2ccc(F)cc2)NC(=O)C(C)N(C)C1=O. The Balaban J connectivity index is 1.89. The Bertz CT molecular complexity index is 1150. The summed E-state index contributed by atoms with van der Waals surface area (Å²) >= 11 is 0. The molecule has 0 fully saturated rings. The molecule has 0 aromatic heterocycles. The molecule has 0 radical (unpaired) electrons. The number of likely N-dealkylation sites (N-methyl/N-ethyl adjacent to an activating group) is 1. The molecular formula is C31H41FN4O3. The summed E-state index contributed by atoms with van der Waals surface area (Å²) in [5, 5.41) is 9.14. The second-order valence-electron chi connectivity index (χ2n) is 10.3. The number of benzene rings is 2. The summed E-state index contributed by atoms with van der Waals surface area (Å²) in [6.45, 7) is 6.69. The number of hydrogen-bond donors (Lipinski definition) is 3. The first kappa shape index (κ1) is 30.0. The van der Waals surface area contributed by atoms with E-state index in [1.165, 1.54) is 22.6 Å². The Labute approximate surface area is 231 Å². The Morgan fingerprint density at radius 3 is 2.49 bits per heavy atom. The van der Waals surface area contributed by atoms with Gasteiger partial charge in [-0.3, -0.25) is 14.4 Å². The number of fused-ring (bicyclic) bond motifs is 1. The predicted octanol–water partition coefficient (Wildman–Crippen LogP) is 3.48. The number of nitrogens with zero attached hydrogens (tertiary/aromatic N) is 1. The number of carbonyl (C=O) groups excluding carboxylic acids is 3. The molecule has 2 aromatic rings. The van der Waals surface area contributed by atoms with Gasteiger partial charge < -0.3 is 20.9 Å². The summed E-state index contributed by atoms with van der Waals surface area (Å²) < 4.78 is 13.4. The summed E-state index contributed by atoms with van der Waals surface area (Å²) in [5.74, 6) is -1.24. The average Bonchev–Trinajstić information content (AvgIpc) is 2.94. The molecule has 3 N–H and O–H groups in total. The highest BCUT2D eigenvalue weighted by Gasteiger charge is 2.32. The zero-order chi connectivity index (χ0) is 28.4. The standard InChI is InChI=1S/C31H41FN4O3/c1-5-21(2)28-31(39)36(4)22(3)29(37)35-27(20-23-14-16-26(32)17-15-23)30(38)34-19-9-13-25-11-7-6-10-24(25)12-8-18-33-28/h6-7,9-11,13-17,21-22,27-28,33H,5,8,12,18-20H2,1-4H3,(H,34,38)(H,35,37)/b13-9-. The van der Waals surface area contributed by atoms with E-state index in [-0.39, 0.29) is 36.5 Å². The molecule has 3 amide bonds. The van der Waals surface area contributed by atoms with E-state index < -0.39 is 24.0 Å². The highest BCUT2D eigenvalue weighted by molar-refractivity contribution is 5.93. The first-order valence-electron chi connectivity index (χ1n) is 13.8. The summed E-state index contributed by atoms with van der Waals surface area (Å²) in [5.41, 5.74) is 2.98. The quantitative estimate of drug-likeness (QED) is 0.558. The second-order valence-corrected chi connectivity index (χ2v) is 10.3.